The topological polar surface area (TPSA) is 604 Å². The number of nitrogens with one attached hydrogen (secondary N) is 4. The second-order valence-electron chi connectivity index (χ2n) is 15.7. The number of anilines is 6. The minimum Gasteiger partial charge on any atom is -0.506 e. The number of non-ortho nitro benzene ring substituents is 2. The average molecular weight is 1260 g/mol. The Morgan fingerprint density at radius 2 is 0.840 bits per heavy atom. The standard InChI is InChI=1S/2C22H17N4O10PS.Co.4H3N/c2*27-19-7-5-15(26(29)30)11-18(19)24-25-21-20(38(34,35)36)9-12-8-14(4-6-17(12)22(21)28)23-13-2-1-3-16(10-13)37(31,32)33;;;;;/h2*1-11,23-24,27H,(H2,31,32,33)(H,34,35,36);;4*1H3/p+8/b2*25-21-;;;;;. The number of aromatic hydroxyl groups is 2. The van der Waals surface area contributed by atoms with E-state index in [1.54, 1.807) is 0 Å². The minimum absolute atomic E-state index is 0. The number of ketones is 2. The van der Waals surface area contributed by atoms with Crippen LogP contribution in [0.15, 0.2) is 141 Å². The number of hydrazone groups is 2. The summed E-state index contributed by atoms with van der Waals surface area (Å²) in [5, 5.41) is 54.6. The number of allylic oxidation sites excluding steroid dienone is 2. The Morgan fingerprint density at radius 1 is 0.506 bits per heavy atom. The molecule has 2 aliphatic rings. The van der Waals surface area contributed by atoms with E-state index in [0.29, 0.717) is 22.7 Å². The van der Waals surface area contributed by atoms with Crippen molar-refractivity contribution in [2.45, 2.75) is 0 Å². The summed E-state index contributed by atoms with van der Waals surface area (Å²) in [5.41, 5.74) is 2.96. The third-order valence-corrected chi connectivity index (χ3v) is 14.2. The largest absolute Gasteiger partial charge is 1.00 e. The van der Waals surface area contributed by atoms with Crippen LogP contribution in [0.4, 0.5) is 45.5 Å². The molecule has 0 aromatic heterocycles. The molecule has 0 heterocycles. The van der Waals surface area contributed by atoms with Gasteiger partial charge < -0.3 is 65.0 Å². The number of carbonyl (C=O) groups excluding carboxylic acids is 2. The van der Waals surface area contributed by atoms with E-state index in [9.17, 15) is 94.7 Å². The van der Waals surface area contributed by atoms with E-state index < -0.39 is 101 Å². The summed E-state index contributed by atoms with van der Waals surface area (Å²) in [4.78, 5) is 82.5. The molecule has 81 heavy (non-hydrogen) atoms. The average Bonchev–Trinajstić information content (AvgIpc) is 3.33. The molecule has 0 saturated heterocycles. The van der Waals surface area contributed by atoms with Crippen LogP contribution >= 0.6 is 15.2 Å². The van der Waals surface area contributed by atoms with Gasteiger partial charge in [0.2, 0.25) is 11.6 Å². The Hall–Kier alpha value is -8.45. The molecule has 0 spiro atoms. The second kappa shape index (κ2) is 26.7. The molecule has 0 atom stereocenters. The third-order valence-electron chi connectivity index (χ3n) is 10.5. The predicted molar refractivity (Wildman–Crippen MR) is 303 cm³/mol. The van der Waals surface area contributed by atoms with E-state index in [-0.39, 0.29) is 91.3 Å². The molecule has 6 aromatic carbocycles. The number of rotatable bonds is 14. The van der Waals surface area contributed by atoms with E-state index in [4.69, 9.17) is 0 Å². The second-order valence-corrected chi connectivity index (χ2v) is 21.7. The van der Waals surface area contributed by atoms with Crippen molar-refractivity contribution in [2.75, 3.05) is 21.5 Å². The Bertz CT molecular complexity index is 3720. The predicted octanol–water partition coefficient (Wildman–Crippen LogP) is 7.43. The van der Waals surface area contributed by atoms with Crippen molar-refractivity contribution in [3.05, 3.63) is 174 Å². The van der Waals surface area contributed by atoms with Crippen LogP contribution < -0.4 is 56.7 Å². The Labute approximate surface area is 473 Å². The Morgan fingerprint density at radius 3 is 1.15 bits per heavy atom. The molecule has 0 amide bonds. The summed E-state index contributed by atoms with van der Waals surface area (Å²) in [6, 6.07) is 25.1. The van der Waals surface area contributed by atoms with Crippen molar-refractivity contribution >= 4 is 127 Å². The zero-order valence-electron chi connectivity index (χ0n) is 46.0. The van der Waals surface area contributed by atoms with Crippen molar-refractivity contribution in [1.29, 1.82) is 0 Å². The van der Waals surface area contributed by atoms with Gasteiger partial charge in [0.1, 0.15) is 32.7 Å². The molecule has 433 valence electrons. The molecule has 0 unspecified atom stereocenters. The number of fused-ring (bicyclic) bond motifs is 2. The Balaban J connectivity index is -0.00000143. The number of benzene rings is 6. The van der Waals surface area contributed by atoms with Crippen LogP contribution in [0.2, 0.25) is 0 Å². The number of quaternary nitrogens is 4. The molecule has 1 radical (unpaired) electrons. The monoisotopic (exact) mass is 1260 g/mol. The molecule has 37 heteroatoms. The number of Topliss-reactive ketones (excluding diaryl/α,β-unsaturated/α-hetero) is 2. The van der Waals surface area contributed by atoms with Gasteiger partial charge in [-0.25, -0.2) is 0 Å². The van der Waals surface area contributed by atoms with E-state index in [2.05, 4.69) is 31.7 Å². The summed E-state index contributed by atoms with van der Waals surface area (Å²) in [5.74, 6) is -2.77. The van der Waals surface area contributed by atoms with Crippen LogP contribution in [-0.4, -0.2) is 88.6 Å². The van der Waals surface area contributed by atoms with E-state index in [1.165, 1.54) is 84.9 Å². The van der Waals surface area contributed by atoms with E-state index >= 15 is 0 Å². The molecule has 28 N–H and O–H groups in total. The van der Waals surface area contributed by atoms with Crippen LogP contribution in [-0.2, 0) is 46.1 Å². The SMILES string of the molecule is O=C1/C(=N\Nc2cc([N+](=O)[O-])ccc2O)C(S(=O)(=O)O)=Cc2cc(Nc3cccc(P(=O)(O)O)c3)ccc21.O=C1/C(=N\Nc2cc([N+](=O)[O-])ccc2O)C(S(=O)(=O)O)=Cc2cc(Nc3cccc(P(=O)(O)O)c3)ccc21.[Co].[H+].[H+].[H+].[H+].[NH4+].[NH4+].[NH4+].[NH4+]. The number of hydrogen-bond donors (Lipinski definition) is 16. The van der Waals surface area contributed by atoms with Crippen molar-refractivity contribution in [3.8, 4) is 11.5 Å². The van der Waals surface area contributed by atoms with Crippen molar-refractivity contribution < 1.29 is 107 Å². The van der Waals surface area contributed by atoms with Gasteiger partial charge in [0.05, 0.1) is 20.5 Å². The van der Waals surface area contributed by atoms with Crippen molar-refractivity contribution in [3.63, 3.8) is 0 Å². The molecule has 0 bridgehead atoms. The minimum atomic E-state index is -4.99. The fourth-order valence-corrected chi connectivity index (χ4v) is 9.48. The number of hydrogen-bond acceptors (Lipinski definition) is 20. The van der Waals surface area contributed by atoms with Crippen LogP contribution in [0.1, 0.15) is 37.5 Å². The van der Waals surface area contributed by atoms with E-state index in [1.807, 2.05) is 0 Å². The van der Waals surface area contributed by atoms with Crippen LogP contribution in [0.5, 0.6) is 11.5 Å². The molecule has 0 saturated carbocycles. The molecular formula is C44H54CoN12O20P2S2+8. The first-order chi connectivity index (χ1) is 35.5. The number of nitrogens with zero attached hydrogens (tertiary/aromatic N) is 4. The van der Waals surface area contributed by atoms with Crippen molar-refractivity contribution in [2.24, 2.45) is 10.2 Å². The molecule has 0 fully saturated rings. The van der Waals surface area contributed by atoms with Gasteiger partial charge in [-0.3, -0.25) is 58.9 Å². The van der Waals surface area contributed by atoms with Gasteiger partial charge in [-0.2, -0.15) is 27.0 Å². The normalized spacial score (nSPS) is 13.7. The zero-order valence-corrected chi connectivity index (χ0v) is 46.5. The third kappa shape index (κ3) is 16.3. The first-order valence-corrected chi connectivity index (χ1v) is 26.8. The maximum atomic E-state index is 13.1. The number of carbonyl (C=O) groups is 2. The quantitative estimate of drug-likeness (QED) is 0.0166. The first-order valence-electron chi connectivity index (χ1n) is 20.7. The molecule has 0 aliphatic heterocycles. The maximum absolute atomic E-state index is 13.1. The summed E-state index contributed by atoms with van der Waals surface area (Å²) in [6.07, 6.45) is 1.97. The van der Waals surface area contributed by atoms with Crippen molar-refractivity contribution in [1.82, 2.24) is 24.6 Å². The number of phenols is 2. The first kappa shape index (κ1) is 68.7. The fraction of sp³-hybridized carbons (Fsp3) is 0. The van der Waals surface area contributed by atoms with Crippen LogP contribution in [0, 0.1) is 20.2 Å². The zero-order chi connectivity index (χ0) is 55.7. The summed E-state index contributed by atoms with van der Waals surface area (Å²) >= 11 is 0. The van der Waals surface area contributed by atoms with Gasteiger partial charge in [0.15, 0.2) is 11.4 Å². The summed E-state index contributed by atoms with van der Waals surface area (Å²) < 4.78 is 90.9. The molecular weight excluding hydrogens is 1200 g/mol. The van der Waals surface area contributed by atoms with Gasteiger partial charge in [-0.1, -0.05) is 12.1 Å². The molecule has 32 nitrogen and oxygen atoms in total. The number of nitro groups is 2. The van der Waals surface area contributed by atoms with Gasteiger partial charge in [0.25, 0.3) is 31.6 Å². The smallest absolute Gasteiger partial charge is 0.506 e. The maximum Gasteiger partial charge on any atom is 1.00 e. The number of phenolic OH excluding ortho intramolecular Hbond substituents is 2. The summed E-state index contributed by atoms with van der Waals surface area (Å²) in [6.45, 7) is 0. The fourth-order valence-electron chi connectivity index (χ4n) is 6.99. The molecule has 8 rings (SSSR count). The van der Waals surface area contributed by atoms with E-state index in [0.717, 1.165) is 48.6 Å². The molecule has 6 aromatic rings. The Kier molecular flexibility index (Phi) is 22.6. The van der Waals surface area contributed by atoms with Gasteiger partial charge in [0, 0.05) is 74.9 Å². The molecule has 2 aliphatic carbocycles. The number of nitro benzene ring substituents is 2. The summed E-state index contributed by atoms with van der Waals surface area (Å²) in [7, 11) is -19.0. The van der Waals surface area contributed by atoms with Gasteiger partial charge in [-0.05, 0) is 108 Å². The van der Waals surface area contributed by atoms with Gasteiger partial charge in [-0.15, -0.1) is 0 Å². The van der Waals surface area contributed by atoms with Gasteiger partial charge >= 0.3 is 20.9 Å². The van der Waals surface area contributed by atoms with Crippen LogP contribution in [0.25, 0.3) is 12.2 Å². The van der Waals surface area contributed by atoms with Crippen LogP contribution in [0.3, 0.4) is 0 Å².